The second kappa shape index (κ2) is 3.90. The molecule has 3 nitrogen and oxygen atoms in total. The molecule has 0 atom stereocenters. The molecule has 0 fully saturated rings. The Balaban J connectivity index is 2.25. The highest BCUT2D eigenvalue weighted by atomic mass is 15.4. The fourth-order valence-corrected chi connectivity index (χ4v) is 2.03. The SMILES string of the molecule is CCn1nnc2c1CCCCCC2. The summed E-state index contributed by atoms with van der Waals surface area (Å²) in [6.45, 7) is 3.09. The standard InChI is InChI=1S/C10H17N3/c1-2-13-10-8-6-4-3-5-7-9(10)11-12-13/h2-8H2,1H3. The molecule has 0 saturated heterocycles. The molecular weight excluding hydrogens is 162 g/mol. The predicted octanol–water partition coefficient (Wildman–Crippen LogP) is 1.96. The summed E-state index contributed by atoms with van der Waals surface area (Å²) < 4.78 is 2.06. The Morgan fingerprint density at radius 1 is 1.15 bits per heavy atom. The van der Waals surface area contributed by atoms with Crippen LogP contribution in [0.15, 0.2) is 0 Å². The monoisotopic (exact) mass is 179 g/mol. The first-order valence-corrected chi connectivity index (χ1v) is 5.33. The Morgan fingerprint density at radius 3 is 2.69 bits per heavy atom. The van der Waals surface area contributed by atoms with Gasteiger partial charge in [0, 0.05) is 6.54 Å². The number of hydrogen-bond acceptors (Lipinski definition) is 2. The van der Waals surface area contributed by atoms with Crippen LogP contribution >= 0.6 is 0 Å². The molecule has 2 rings (SSSR count). The largest absolute Gasteiger partial charge is 0.249 e. The van der Waals surface area contributed by atoms with Crippen molar-refractivity contribution in [2.75, 3.05) is 0 Å². The van der Waals surface area contributed by atoms with Crippen LogP contribution in [-0.4, -0.2) is 15.0 Å². The van der Waals surface area contributed by atoms with E-state index < -0.39 is 0 Å². The second-order valence-corrected chi connectivity index (χ2v) is 3.71. The highest BCUT2D eigenvalue weighted by Crippen LogP contribution is 2.17. The summed E-state index contributed by atoms with van der Waals surface area (Å²) in [5, 5.41) is 8.41. The molecule has 0 N–H and O–H groups in total. The first kappa shape index (κ1) is 8.73. The number of hydrogen-bond donors (Lipinski definition) is 0. The maximum Gasteiger partial charge on any atom is 0.0859 e. The summed E-state index contributed by atoms with van der Waals surface area (Å²) in [5.41, 5.74) is 2.64. The van der Waals surface area contributed by atoms with Gasteiger partial charge in [-0.15, -0.1) is 5.10 Å². The van der Waals surface area contributed by atoms with Crippen molar-refractivity contribution >= 4 is 0 Å². The molecule has 1 aliphatic carbocycles. The van der Waals surface area contributed by atoms with E-state index in [0.717, 1.165) is 13.0 Å². The zero-order valence-corrected chi connectivity index (χ0v) is 8.29. The van der Waals surface area contributed by atoms with E-state index in [1.165, 1.54) is 43.5 Å². The lowest BCUT2D eigenvalue weighted by Crippen LogP contribution is -2.06. The fourth-order valence-electron chi connectivity index (χ4n) is 2.03. The predicted molar refractivity (Wildman–Crippen MR) is 51.6 cm³/mol. The van der Waals surface area contributed by atoms with Gasteiger partial charge < -0.3 is 0 Å². The average molecular weight is 179 g/mol. The summed E-state index contributed by atoms with van der Waals surface area (Å²) in [4.78, 5) is 0. The van der Waals surface area contributed by atoms with Gasteiger partial charge in [0.15, 0.2) is 0 Å². The lowest BCUT2D eigenvalue weighted by Gasteiger charge is -2.09. The smallest absolute Gasteiger partial charge is 0.0859 e. The summed E-state index contributed by atoms with van der Waals surface area (Å²) in [5.74, 6) is 0. The van der Waals surface area contributed by atoms with Gasteiger partial charge in [0.05, 0.1) is 11.4 Å². The molecular formula is C10H17N3. The van der Waals surface area contributed by atoms with Gasteiger partial charge in [-0.3, -0.25) is 0 Å². The Morgan fingerprint density at radius 2 is 1.92 bits per heavy atom. The molecule has 0 unspecified atom stereocenters. The highest BCUT2D eigenvalue weighted by molar-refractivity contribution is 5.11. The minimum absolute atomic E-state index is 0.961. The molecule has 0 amide bonds. The van der Waals surface area contributed by atoms with Crippen molar-refractivity contribution in [1.82, 2.24) is 15.0 Å². The van der Waals surface area contributed by atoms with Crippen molar-refractivity contribution in [3.63, 3.8) is 0 Å². The van der Waals surface area contributed by atoms with Crippen LogP contribution in [0.5, 0.6) is 0 Å². The molecule has 0 bridgehead atoms. The van der Waals surface area contributed by atoms with Gasteiger partial charge in [-0.2, -0.15) is 0 Å². The van der Waals surface area contributed by atoms with E-state index in [4.69, 9.17) is 0 Å². The topological polar surface area (TPSA) is 30.7 Å². The maximum absolute atomic E-state index is 4.24. The lowest BCUT2D eigenvalue weighted by atomic mass is 10.0. The van der Waals surface area contributed by atoms with E-state index in [0.29, 0.717) is 0 Å². The second-order valence-electron chi connectivity index (χ2n) is 3.71. The van der Waals surface area contributed by atoms with Gasteiger partial charge in [0.2, 0.25) is 0 Å². The minimum Gasteiger partial charge on any atom is -0.249 e. The Hall–Kier alpha value is -0.860. The fraction of sp³-hybridized carbons (Fsp3) is 0.800. The van der Waals surface area contributed by atoms with E-state index >= 15 is 0 Å². The van der Waals surface area contributed by atoms with Gasteiger partial charge in [0.1, 0.15) is 0 Å². The molecule has 0 aliphatic heterocycles. The van der Waals surface area contributed by atoms with E-state index in [1.54, 1.807) is 0 Å². The maximum atomic E-state index is 4.24. The van der Waals surface area contributed by atoms with E-state index in [2.05, 4.69) is 21.9 Å². The first-order chi connectivity index (χ1) is 6.42. The van der Waals surface area contributed by atoms with Crippen LogP contribution in [0, 0.1) is 0 Å². The van der Waals surface area contributed by atoms with Crippen molar-refractivity contribution in [2.45, 2.75) is 52.0 Å². The number of fused-ring (bicyclic) bond motifs is 1. The molecule has 1 aromatic rings. The zero-order valence-electron chi connectivity index (χ0n) is 8.29. The average Bonchev–Trinajstić information content (AvgIpc) is 2.46. The Labute approximate surface area is 79.1 Å². The summed E-state index contributed by atoms with van der Waals surface area (Å²) in [6.07, 6.45) is 7.63. The van der Waals surface area contributed by atoms with E-state index in [-0.39, 0.29) is 0 Å². The molecule has 72 valence electrons. The highest BCUT2D eigenvalue weighted by Gasteiger charge is 2.13. The first-order valence-electron chi connectivity index (χ1n) is 5.33. The summed E-state index contributed by atoms with van der Waals surface area (Å²) >= 11 is 0. The van der Waals surface area contributed by atoms with Crippen LogP contribution in [0.1, 0.15) is 44.0 Å². The number of aryl methyl sites for hydroxylation is 2. The molecule has 13 heavy (non-hydrogen) atoms. The van der Waals surface area contributed by atoms with Crippen molar-refractivity contribution in [3.8, 4) is 0 Å². The third kappa shape index (κ3) is 1.74. The molecule has 1 aromatic heterocycles. The molecule has 1 heterocycles. The van der Waals surface area contributed by atoms with Gasteiger partial charge in [-0.1, -0.05) is 18.1 Å². The number of rotatable bonds is 1. The normalized spacial score (nSPS) is 17.6. The molecule has 3 heteroatoms. The van der Waals surface area contributed by atoms with Crippen LogP contribution in [0.4, 0.5) is 0 Å². The van der Waals surface area contributed by atoms with Gasteiger partial charge in [-0.25, -0.2) is 4.68 Å². The lowest BCUT2D eigenvalue weighted by molar-refractivity contribution is 0.564. The molecule has 0 aromatic carbocycles. The van der Waals surface area contributed by atoms with E-state index in [9.17, 15) is 0 Å². The van der Waals surface area contributed by atoms with Crippen molar-refractivity contribution in [1.29, 1.82) is 0 Å². The Kier molecular flexibility index (Phi) is 2.62. The van der Waals surface area contributed by atoms with Crippen molar-refractivity contribution in [3.05, 3.63) is 11.4 Å². The van der Waals surface area contributed by atoms with Crippen LogP contribution in [0.3, 0.4) is 0 Å². The van der Waals surface area contributed by atoms with Gasteiger partial charge >= 0.3 is 0 Å². The van der Waals surface area contributed by atoms with Crippen molar-refractivity contribution in [2.24, 2.45) is 0 Å². The Bertz CT molecular complexity index is 278. The summed E-state index contributed by atoms with van der Waals surface area (Å²) in [6, 6.07) is 0. The third-order valence-corrected chi connectivity index (χ3v) is 2.79. The number of aromatic nitrogens is 3. The molecule has 0 spiro atoms. The summed E-state index contributed by atoms with van der Waals surface area (Å²) in [7, 11) is 0. The molecule has 0 saturated carbocycles. The zero-order chi connectivity index (χ0) is 9.10. The van der Waals surface area contributed by atoms with E-state index in [1.807, 2.05) is 0 Å². The van der Waals surface area contributed by atoms with Crippen LogP contribution in [0.2, 0.25) is 0 Å². The van der Waals surface area contributed by atoms with Crippen molar-refractivity contribution < 1.29 is 0 Å². The van der Waals surface area contributed by atoms with Gasteiger partial charge in [0.25, 0.3) is 0 Å². The van der Waals surface area contributed by atoms with Gasteiger partial charge in [-0.05, 0) is 32.6 Å². The quantitative estimate of drug-likeness (QED) is 0.659. The third-order valence-electron chi connectivity index (χ3n) is 2.79. The van der Waals surface area contributed by atoms with Crippen LogP contribution in [0.25, 0.3) is 0 Å². The minimum atomic E-state index is 0.961. The number of nitrogens with zero attached hydrogens (tertiary/aromatic N) is 3. The van der Waals surface area contributed by atoms with Crippen LogP contribution < -0.4 is 0 Å². The van der Waals surface area contributed by atoms with Crippen LogP contribution in [-0.2, 0) is 19.4 Å². The molecule has 0 radical (unpaired) electrons. The molecule has 1 aliphatic rings.